The van der Waals surface area contributed by atoms with Crippen LogP contribution in [0.5, 0.6) is 0 Å². The Hall–Kier alpha value is -1.75. The fourth-order valence-corrected chi connectivity index (χ4v) is 2.98. The molecule has 21 heavy (non-hydrogen) atoms. The lowest BCUT2D eigenvalue weighted by Crippen LogP contribution is -2.32. The van der Waals surface area contributed by atoms with Crippen LogP contribution in [0.25, 0.3) is 0 Å². The average molecular weight is 346 g/mol. The lowest BCUT2D eigenvalue weighted by atomic mass is 10.1. The second-order valence-electron chi connectivity index (χ2n) is 5.23. The molecule has 3 rings (SSSR count). The molecule has 0 unspecified atom stereocenters. The normalized spacial score (nSPS) is 14.5. The topological polar surface area (TPSA) is 46.1 Å². The molecule has 0 spiro atoms. The van der Waals surface area contributed by atoms with Crippen molar-refractivity contribution in [2.75, 3.05) is 11.4 Å². The molecule has 2 aromatic rings. The summed E-state index contributed by atoms with van der Waals surface area (Å²) in [5.41, 5.74) is 3.40. The first-order valence-electron chi connectivity index (χ1n) is 7.04. The molecule has 0 fully saturated rings. The van der Waals surface area contributed by atoms with Gasteiger partial charge in [-0.2, -0.15) is 0 Å². The van der Waals surface area contributed by atoms with Crippen molar-refractivity contribution >= 4 is 27.5 Å². The van der Waals surface area contributed by atoms with Gasteiger partial charge in [0.25, 0.3) is 5.91 Å². The summed E-state index contributed by atoms with van der Waals surface area (Å²) in [6.07, 6.45) is 6.27. The summed E-state index contributed by atoms with van der Waals surface area (Å²) in [5, 5.41) is 0. The standard InChI is InChI=1S/C16H16BrN3O/c1-11-9-19-14(10-18-11)16(21)20-7-3-2-4-12-8-13(17)5-6-15(12)20/h5-6,8-10H,2-4,7H2,1H3. The highest BCUT2D eigenvalue weighted by atomic mass is 79.9. The molecule has 1 aromatic heterocycles. The van der Waals surface area contributed by atoms with Gasteiger partial charge in [-0.1, -0.05) is 15.9 Å². The first-order chi connectivity index (χ1) is 10.1. The Labute approximate surface area is 132 Å². The highest BCUT2D eigenvalue weighted by molar-refractivity contribution is 9.10. The summed E-state index contributed by atoms with van der Waals surface area (Å²) in [7, 11) is 0. The van der Waals surface area contributed by atoms with Gasteiger partial charge in [0.05, 0.1) is 11.9 Å². The third-order valence-corrected chi connectivity index (χ3v) is 4.15. The third kappa shape index (κ3) is 2.97. The Morgan fingerprint density at radius 2 is 2.10 bits per heavy atom. The lowest BCUT2D eigenvalue weighted by molar-refractivity contribution is 0.0981. The van der Waals surface area contributed by atoms with Crippen LogP contribution >= 0.6 is 15.9 Å². The molecule has 0 saturated heterocycles. The maximum atomic E-state index is 12.7. The second-order valence-corrected chi connectivity index (χ2v) is 6.15. The van der Waals surface area contributed by atoms with Gasteiger partial charge in [0, 0.05) is 22.9 Å². The van der Waals surface area contributed by atoms with Crippen molar-refractivity contribution in [1.29, 1.82) is 0 Å². The molecule has 1 aliphatic heterocycles. The summed E-state index contributed by atoms with van der Waals surface area (Å²) < 4.78 is 1.05. The number of fused-ring (bicyclic) bond motifs is 1. The Bertz CT molecular complexity index is 670. The van der Waals surface area contributed by atoms with Gasteiger partial charge < -0.3 is 4.90 Å². The van der Waals surface area contributed by atoms with E-state index in [-0.39, 0.29) is 5.91 Å². The van der Waals surface area contributed by atoms with Crippen LogP contribution in [0.15, 0.2) is 35.1 Å². The largest absolute Gasteiger partial charge is 0.307 e. The smallest absolute Gasteiger partial charge is 0.278 e. The van der Waals surface area contributed by atoms with Crippen molar-refractivity contribution in [2.45, 2.75) is 26.2 Å². The minimum Gasteiger partial charge on any atom is -0.307 e. The van der Waals surface area contributed by atoms with E-state index in [9.17, 15) is 4.79 Å². The van der Waals surface area contributed by atoms with Crippen LogP contribution in [0.1, 0.15) is 34.6 Å². The number of carbonyl (C=O) groups is 1. The van der Waals surface area contributed by atoms with E-state index in [1.807, 2.05) is 24.0 Å². The van der Waals surface area contributed by atoms with Crippen LogP contribution in [0, 0.1) is 6.92 Å². The summed E-state index contributed by atoms with van der Waals surface area (Å²) in [6, 6.07) is 6.08. The number of carbonyl (C=O) groups excluding carboxylic acids is 1. The molecule has 0 bridgehead atoms. The van der Waals surface area contributed by atoms with E-state index in [1.165, 1.54) is 5.56 Å². The predicted octanol–water partition coefficient (Wildman–Crippen LogP) is 3.53. The van der Waals surface area contributed by atoms with E-state index in [4.69, 9.17) is 0 Å². The maximum Gasteiger partial charge on any atom is 0.278 e. The van der Waals surface area contributed by atoms with Crippen LogP contribution in [-0.4, -0.2) is 22.4 Å². The second kappa shape index (κ2) is 5.93. The van der Waals surface area contributed by atoms with E-state index in [2.05, 4.69) is 32.0 Å². The van der Waals surface area contributed by atoms with E-state index in [0.717, 1.165) is 41.7 Å². The summed E-state index contributed by atoms with van der Waals surface area (Å²) in [4.78, 5) is 22.9. The summed E-state index contributed by atoms with van der Waals surface area (Å²) in [5.74, 6) is -0.0760. The van der Waals surface area contributed by atoms with E-state index in [1.54, 1.807) is 12.4 Å². The zero-order valence-electron chi connectivity index (χ0n) is 11.8. The molecule has 2 heterocycles. The highest BCUT2D eigenvalue weighted by Crippen LogP contribution is 2.30. The molecule has 1 aliphatic rings. The number of halogens is 1. The molecule has 0 radical (unpaired) electrons. The van der Waals surface area contributed by atoms with Crippen LogP contribution < -0.4 is 4.90 Å². The van der Waals surface area contributed by atoms with Gasteiger partial charge in [-0.05, 0) is 49.9 Å². The maximum absolute atomic E-state index is 12.7. The van der Waals surface area contributed by atoms with Gasteiger partial charge in [0.15, 0.2) is 0 Å². The number of hydrogen-bond acceptors (Lipinski definition) is 3. The molecular weight excluding hydrogens is 330 g/mol. The number of aromatic nitrogens is 2. The number of rotatable bonds is 1. The molecular formula is C16H16BrN3O. The number of benzene rings is 1. The Morgan fingerprint density at radius 3 is 2.86 bits per heavy atom. The number of anilines is 1. The van der Waals surface area contributed by atoms with Gasteiger partial charge in [0.2, 0.25) is 0 Å². The van der Waals surface area contributed by atoms with Crippen molar-refractivity contribution in [3.8, 4) is 0 Å². The van der Waals surface area contributed by atoms with Crippen molar-refractivity contribution in [3.63, 3.8) is 0 Å². The number of amides is 1. The molecule has 0 N–H and O–H groups in total. The zero-order chi connectivity index (χ0) is 14.8. The quantitative estimate of drug-likeness (QED) is 0.794. The first kappa shape index (κ1) is 14.2. The average Bonchev–Trinajstić information content (AvgIpc) is 2.69. The molecule has 1 aromatic carbocycles. The SMILES string of the molecule is Cc1cnc(C(=O)N2CCCCc3cc(Br)ccc32)cn1. The zero-order valence-corrected chi connectivity index (χ0v) is 13.4. The van der Waals surface area contributed by atoms with Gasteiger partial charge in [-0.3, -0.25) is 9.78 Å². The van der Waals surface area contributed by atoms with Gasteiger partial charge >= 0.3 is 0 Å². The first-order valence-corrected chi connectivity index (χ1v) is 7.83. The minimum absolute atomic E-state index is 0.0760. The van der Waals surface area contributed by atoms with Crippen molar-refractivity contribution in [1.82, 2.24) is 9.97 Å². The van der Waals surface area contributed by atoms with Crippen molar-refractivity contribution in [3.05, 3.63) is 52.0 Å². The monoisotopic (exact) mass is 345 g/mol. The Kier molecular flexibility index (Phi) is 4.01. The number of aryl methyl sites for hydroxylation is 2. The molecule has 108 valence electrons. The van der Waals surface area contributed by atoms with Gasteiger partial charge in [0.1, 0.15) is 5.69 Å². The fourth-order valence-electron chi connectivity index (χ4n) is 2.58. The van der Waals surface area contributed by atoms with Crippen LogP contribution in [0.4, 0.5) is 5.69 Å². The molecule has 4 nitrogen and oxygen atoms in total. The van der Waals surface area contributed by atoms with Crippen LogP contribution in [0.2, 0.25) is 0 Å². The molecule has 1 amide bonds. The lowest BCUT2D eigenvalue weighted by Gasteiger charge is -2.22. The predicted molar refractivity (Wildman–Crippen MR) is 85.5 cm³/mol. The van der Waals surface area contributed by atoms with Gasteiger partial charge in [-0.25, -0.2) is 4.98 Å². The van der Waals surface area contributed by atoms with Crippen molar-refractivity contribution in [2.24, 2.45) is 0 Å². The van der Waals surface area contributed by atoms with Crippen LogP contribution in [0.3, 0.4) is 0 Å². The summed E-state index contributed by atoms with van der Waals surface area (Å²) in [6.45, 7) is 2.59. The van der Waals surface area contributed by atoms with Crippen LogP contribution in [-0.2, 0) is 6.42 Å². The summed E-state index contributed by atoms with van der Waals surface area (Å²) >= 11 is 3.50. The minimum atomic E-state index is -0.0760. The molecule has 0 atom stereocenters. The molecule has 5 heteroatoms. The van der Waals surface area contributed by atoms with E-state index < -0.39 is 0 Å². The van der Waals surface area contributed by atoms with E-state index >= 15 is 0 Å². The fraction of sp³-hybridized carbons (Fsp3) is 0.312. The molecule has 0 saturated carbocycles. The third-order valence-electron chi connectivity index (χ3n) is 3.66. The number of nitrogens with zero attached hydrogens (tertiary/aromatic N) is 3. The Balaban J connectivity index is 1.98. The highest BCUT2D eigenvalue weighted by Gasteiger charge is 2.23. The van der Waals surface area contributed by atoms with E-state index in [0.29, 0.717) is 5.69 Å². The molecule has 0 aliphatic carbocycles. The number of hydrogen-bond donors (Lipinski definition) is 0. The Morgan fingerprint density at radius 1 is 1.24 bits per heavy atom. The van der Waals surface area contributed by atoms with Gasteiger partial charge in [-0.15, -0.1) is 0 Å². The van der Waals surface area contributed by atoms with Crippen molar-refractivity contribution < 1.29 is 4.79 Å².